The van der Waals surface area contributed by atoms with E-state index in [1.165, 1.54) is 11.3 Å². The van der Waals surface area contributed by atoms with Crippen molar-refractivity contribution in [2.24, 2.45) is 5.73 Å². The summed E-state index contributed by atoms with van der Waals surface area (Å²) in [6.45, 7) is 4.96. The van der Waals surface area contributed by atoms with Gasteiger partial charge in [-0.2, -0.15) is 0 Å². The summed E-state index contributed by atoms with van der Waals surface area (Å²) in [5.74, 6) is 0.596. The number of rotatable bonds is 3. The van der Waals surface area contributed by atoms with Gasteiger partial charge in [-0.3, -0.25) is 0 Å². The summed E-state index contributed by atoms with van der Waals surface area (Å²) in [6.07, 6.45) is 2.56. The minimum atomic E-state index is 0.342. The van der Waals surface area contributed by atoms with Gasteiger partial charge >= 0.3 is 0 Å². The number of nitrogens with two attached hydrogens (primary N) is 1. The number of fused-ring (bicyclic) bond motifs is 1. The zero-order valence-corrected chi connectivity index (χ0v) is 11.0. The van der Waals surface area contributed by atoms with Crippen molar-refractivity contribution in [1.82, 2.24) is 0 Å². The van der Waals surface area contributed by atoms with E-state index in [2.05, 4.69) is 36.1 Å². The highest BCUT2D eigenvalue weighted by Crippen LogP contribution is 2.40. The molecule has 2 aliphatic heterocycles. The Morgan fingerprint density at radius 2 is 2.22 bits per heavy atom. The van der Waals surface area contributed by atoms with Gasteiger partial charge in [0.2, 0.25) is 0 Å². The van der Waals surface area contributed by atoms with Crippen LogP contribution in [0.4, 0.5) is 5.69 Å². The van der Waals surface area contributed by atoms with Gasteiger partial charge in [0, 0.05) is 24.8 Å². The lowest BCUT2D eigenvalue weighted by atomic mass is 9.98. The van der Waals surface area contributed by atoms with Gasteiger partial charge in [-0.1, -0.05) is 18.2 Å². The van der Waals surface area contributed by atoms with Crippen LogP contribution in [0.2, 0.25) is 0 Å². The molecule has 3 rings (SSSR count). The Morgan fingerprint density at radius 1 is 1.39 bits per heavy atom. The number of hydrogen-bond donors (Lipinski definition) is 1. The molecule has 1 fully saturated rings. The fourth-order valence-electron chi connectivity index (χ4n) is 3.42. The summed E-state index contributed by atoms with van der Waals surface area (Å²) in [4.78, 5) is 2.55. The van der Waals surface area contributed by atoms with E-state index in [1.54, 1.807) is 0 Å². The maximum Gasteiger partial charge on any atom is 0.0750 e. The van der Waals surface area contributed by atoms with Gasteiger partial charge in [-0.05, 0) is 37.9 Å². The van der Waals surface area contributed by atoms with E-state index >= 15 is 0 Å². The van der Waals surface area contributed by atoms with Crippen LogP contribution in [0.3, 0.4) is 0 Å². The van der Waals surface area contributed by atoms with Crippen LogP contribution in [0.15, 0.2) is 24.3 Å². The third-order valence-corrected chi connectivity index (χ3v) is 4.35. The molecule has 98 valence electrons. The van der Waals surface area contributed by atoms with E-state index in [4.69, 9.17) is 10.5 Å². The molecule has 1 aromatic rings. The average Bonchev–Trinajstić information content (AvgIpc) is 2.95. The summed E-state index contributed by atoms with van der Waals surface area (Å²) >= 11 is 0. The summed E-state index contributed by atoms with van der Waals surface area (Å²) in [5.41, 5.74) is 8.62. The van der Waals surface area contributed by atoms with Crippen LogP contribution in [0.5, 0.6) is 0 Å². The highest BCUT2D eigenvalue weighted by Gasteiger charge is 2.36. The van der Waals surface area contributed by atoms with Crippen LogP contribution in [0.25, 0.3) is 0 Å². The summed E-state index contributed by atoms with van der Waals surface area (Å²) < 4.78 is 5.72. The summed E-state index contributed by atoms with van der Waals surface area (Å²) in [6, 6.07) is 9.32. The quantitative estimate of drug-likeness (QED) is 0.888. The lowest BCUT2D eigenvalue weighted by Gasteiger charge is -2.29. The minimum Gasteiger partial charge on any atom is -0.376 e. The van der Waals surface area contributed by atoms with E-state index in [-0.39, 0.29) is 0 Å². The van der Waals surface area contributed by atoms with Crippen molar-refractivity contribution in [2.45, 2.75) is 37.8 Å². The first-order valence-corrected chi connectivity index (χ1v) is 6.98. The Hall–Kier alpha value is -1.06. The zero-order valence-electron chi connectivity index (χ0n) is 11.0. The molecule has 0 spiro atoms. The van der Waals surface area contributed by atoms with Crippen molar-refractivity contribution in [1.29, 1.82) is 0 Å². The lowest BCUT2D eigenvalue weighted by molar-refractivity contribution is 0.117. The molecule has 2 N–H and O–H groups in total. The van der Waals surface area contributed by atoms with E-state index in [0.717, 1.165) is 32.5 Å². The van der Waals surface area contributed by atoms with Crippen molar-refractivity contribution in [3.05, 3.63) is 29.8 Å². The number of anilines is 1. The van der Waals surface area contributed by atoms with Crippen molar-refractivity contribution < 1.29 is 4.74 Å². The Labute approximate surface area is 109 Å². The molecule has 1 saturated heterocycles. The molecule has 0 amide bonds. The molecular weight excluding hydrogens is 224 g/mol. The fourth-order valence-corrected chi connectivity index (χ4v) is 3.42. The van der Waals surface area contributed by atoms with Crippen molar-refractivity contribution in [3.8, 4) is 0 Å². The maximum absolute atomic E-state index is 5.75. The normalized spacial score (nSPS) is 30.8. The summed E-state index contributed by atoms with van der Waals surface area (Å²) in [7, 11) is 0. The highest BCUT2D eigenvalue weighted by atomic mass is 16.5. The monoisotopic (exact) mass is 246 g/mol. The largest absolute Gasteiger partial charge is 0.376 e. The third kappa shape index (κ3) is 1.91. The molecule has 3 nitrogen and oxygen atoms in total. The van der Waals surface area contributed by atoms with Gasteiger partial charge in [0.15, 0.2) is 0 Å². The number of ether oxygens (including phenoxy) is 1. The van der Waals surface area contributed by atoms with Gasteiger partial charge in [0.1, 0.15) is 0 Å². The van der Waals surface area contributed by atoms with E-state index in [0.29, 0.717) is 18.1 Å². The first-order chi connectivity index (χ1) is 8.81. The average molecular weight is 246 g/mol. The maximum atomic E-state index is 5.75. The molecule has 0 saturated carbocycles. The van der Waals surface area contributed by atoms with Crippen molar-refractivity contribution in [3.63, 3.8) is 0 Å². The Kier molecular flexibility index (Phi) is 3.27. The Balaban J connectivity index is 1.89. The van der Waals surface area contributed by atoms with E-state index in [1.807, 2.05) is 0 Å². The van der Waals surface area contributed by atoms with Crippen LogP contribution < -0.4 is 10.6 Å². The molecule has 0 aromatic heterocycles. The molecule has 3 unspecified atom stereocenters. The van der Waals surface area contributed by atoms with Gasteiger partial charge < -0.3 is 15.4 Å². The number of benzene rings is 1. The second-order valence-electron chi connectivity index (χ2n) is 5.42. The second-order valence-corrected chi connectivity index (χ2v) is 5.42. The van der Waals surface area contributed by atoms with Gasteiger partial charge in [-0.25, -0.2) is 0 Å². The first-order valence-electron chi connectivity index (χ1n) is 6.98. The third-order valence-electron chi connectivity index (χ3n) is 4.35. The topological polar surface area (TPSA) is 38.5 Å². The molecule has 1 aromatic carbocycles. The SMILES string of the molecule is CC1OCCC1N1CC(CCN)c2ccccc21. The van der Waals surface area contributed by atoms with Crippen LogP contribution in [0, 0.1) is 0 Å². The van der Waals surface area contributed by atoms with Crippen LogP contribution in [-0.2, 0) is 4.74 Å². The lowest BCUT2D eigenvalue weighted by Crippen LogP contribution is -2.39. The molecule has 3 atom stereocenters. The van der Waals surface area contributed by atoms with Crippen LogP contribution in [0.1, 0.15) is 31.2 Å². The van der Waals surface area contributed by atoms with Crippen LogP contribution in [-0.4, -0.2) is 31.8 Å². The van der Waals surface area contributed by atoms with Crippen LogP contribution >= 0.6 is 0 Å². The molecule has 0 bridgehead atoms. The van der Waals surface area contributed by atoms with E-state index < -0.39 is 0 Å². The molecular formula is C15H22N2O. The number of hydrogen-bond acceptors (Lipinski definition) is 3. The zero-order chi connectivity index (χ0) is 12.5. The van der Waals surface area contributed by atoms with Gasteiger partial charge in [0.05, 0.1) is 12.1 Å². The highest BCUT2D eigenvalue weighted by molar-refractivity contribution is 5.61. The fraction of sp³-hybridized carbons (Fsp3) is 0.600. The molecule has 18 heavy (non-hydrogen) atoms. The minimum absolute atomic E-state index is 0.342. The number of para-hydroxylation sites is 1. The second kappa shape index (κ2) is 4.90. The predicted octanol–water partition coefficient (Wildman–Crippen LogP) is 2.12. The van der Waals surface area contributed by atoms with Gasteiger partial charge in [0.25, 0.3) is 0 Å². The van der Waals surface area contributed by atoms with Crippen molar-refractivity contribution in [2.75, 3.05) is 24.6 Å². The molecule has 0 radical (unpaired) electrons. The standard InChI is InChI=1S/C15H22N2O/c1-11-14(7-9-18-11)17-10-12(6-8-16)13-4-2-3-5-15(13)17/h2-5,11-12,14H,6-10,16H2,1H3. The predicted molar refractivity (Wildman–Crippen MR) is 74.0 cm³/mol. The summed E-state index contributed by atoms with van der Waals surface area (Å²) in [5, 5.41) is 0. The van der Waals surface area contributed by atoms with Gasteiger partial charge in [-0.15, -0.1) is 0 Å². The Bertz CT molecular complexity index is 421. The molecule has 2 heterocycles. The molecule has 2 aliphatic rings. The molecule has 3 heteroatoms. The number of nitrogens with zero attached hydrogens (tertiary/aromatic N) is 1. The smallest absolute Gasteiger partial charge is 0.0750 e. The molecule has 0 aliphatic carbocycles. The Morgan fingerprint density at radius 3 is 2.94 bits per heavy atom. The van der Waals surface area contributed by atoms with E-state index in [9.17, 15) is 0 Å². The first kappa shape index (κ1) is 12.0. The van der Waals surface area contributed by atoms with Crippen molar-refractivity contribution >= 4 is 5.69 Å².